The first-order valence-corrected chi connectivity index (χ1v) is 10.8. The molecule has 0 saturated carbocycles. The topological polar surface area (TPSA) is 64.4 Å². The van der Waals surface area contributed by atoms with Gasteiger partial charge in [-0.1, -0.05) is 29.8 Å². The molecule has 1 saturated heterocycles. The van der Waals surface area contributed by atoms with E-state index in [-0.39, 0.29) is 30.1 Å². The highest BCUT2D eigenvalue weighted by Crippen LogP contribution is 2.30. The highest BCUT2D eigenvalue weighted by Gasteiger charge is 2.25. The molecule has 3 aromatic rings. The van der Waals surface area contributed by atoms with Gasteiger partial charge in [-0.25, -0.2) is 4.98 Å². The second-order valence-corrected chi connectivity index (χ2v) is 8.60. The van der Waals surface area contributed by atoms with Gasteiger partial charge >= 0.3 is 0 Å². The van der Waals surface area contributed by atoms with E-state index in [9.17, 15) is 9.59 Å². The van der Waals surface area contributed by atoms with Crippen molar-refractivity contribution >= 4 is 27.5 Å². The maximum Gasteiger partial charge on any atom is 0.262 e. The molecule has 0 bridgehead atoms. The minimum absolute atomic E-state index is 0.0336. The van der Waals surface area contributed by atoms with Crippen molar-refractivity contribution in [2.75, 3.05) is 13.1 Å². The van der Waals surface area contributed by atoms with E-state index in [0.717, 1.165) is 16.0 Å². The van der Waals surface area contributed by atoms with Crippen molar-refractivity contribution in [1.29, 1.82) is 0 Å². The Morgan fingerprint density at radius 3 is 2.59 bits per heavy atom. The summed E-state index contributed by atoms with van der Waals surface area (Å²) >= 11 is 1.47. The minimum atomic E-state index is -0.0941. The molecule has 1 fully saturated rings. The Balaban J connectivity index is 1.56. The van der Waals surface area contributed by atoms with Gasteiger partial charge in [0.2, 0.25) is 5.91 Å². The molecule has 1 aliphatic heterocycles. The lowest BCUT2D eigenvalue weighted by Gasteiger charge is -2.35. The van der Waals surface area contributed by atoms with E-state index in [1.165, 1.54) is 16.9 Å². The van der Waals surface area contributed by atoms with Crippen LogP contribution in [-0.2, 0) is 16.1 Å². The number of morpholine rings is 1. The van der Waals surface area contributed by atoms with Crippen molar-refractivity contribution < 1.29 is 9.53 Å². The lowest BCUT2D eigenvalue weighted by molar-refractivity contribution is -0.143. The van der Waals surface area contributed by atoms with Crippen molar-refractivity contribution in [3.8, 4) is 11.1 Å². The fourth-order valence-electron chi connectivity index (χ4n) is 3.83. The summed E-state index contributed by atoms with van der Waals surface area (Å²) in [5, 5.41) is 2.61. The lowest BCUT2D eigenvalue weighted by Crippen LogP contribution is -2.48. The van der Waals surface area contributed by atoms with Crippen molar-refractivity contribution in [3.63, 3.8) is 0 Å². The van der Waals surface area contributed by atoms with Crippen LogP contribution in [0.5, 0.6) is 0 Å². The first kappa shape index (κ1) is 19.8. The molecule has 3 heterocycles. The first-order valence-electron chi connectivity index (χ1n) is 9.89. The van der Waals surface area contributed by atoms with Gasteiger partial charge in [0.15, 0.2) is 0 Å². The molecule has 2 aromatic heterocycles. The zero-order valence-corrected chi connectivity index (χ0v) is 17.7. The second-order valence-electron chi connectivity index (χ2n) is 7.74. The summed E-state index contributed by atoms with van der Waals surface area (Å²) in [6.07, 6.45) is 1.90. The maximum absolute atomic E-state index is 13.1. The van der Waals surface area contributed by atoms with Gasteiger partial charge in [0.05, 0.1) is 23.9 Å². The Labute approximate surface area is 173 Å². The predicted octanol–water partition coefficient (Wildman–Crippen LogP) is 3.46. The predicted molar refractivity (Wildman–Crippen MR) is 115 cm³/mol. The SMILES string of the molecule is Cc1ccc(-c2csc3ncn(CCC(=O)N4CC(C)OC(C)C4)c(=O)c23)cc1. The van der Waals surface area contributed by atoms with Crippen LogP contribution in [0.25, 0.3) is 21.3 Å². The largest absolute Gasteiger partial charge is 0.372 e. The van der Waals surface area contributed by atoms with Crippen LogP contribution in [0.15, 0.2) is 40.8 Å². The molecule has 7 heteroatoms. The monoisotopic (exact) mass is 411 g/mol. The van der Waals surface area contributed by atoms with E-state index in [0.29, 0.717) is 25.0 Å². The summed E-state index contributed by atoms with van der Waals surface area (Å²) in [5.74, 6) is 0.0445. The van der Waals surface area contributed by atoms with Gasteiger partial charge in [-0.15, -0.1) is 11.3 Å². The summed E-state index contributed by atoms with van der Waals surface area (Å²) in [5.41, 5.74) is 2.99. The summed E-state index contributed by atoms with van der Waals surface area (Å²) < 4.78 is 7.25. The highest BCUT2D eigenvalue weighted by molar-refractivity contribution is 7.17. The number of benzene rings is 1. The minimum Gasteiger partial charge on any atom is -0.372 e. The number of hydrogen-bond donors (Lipinski definition) is 0. The van der Waals surface area contributed by atoms with E-state index in [4.69, 9.17) is 4.74 Å². The third-order valence-corrected chi connectivity index (χ3v) is 6.15. The maximum atomic E-state index is 13.1. The average molecular weight is 412 g/mol. The van der Waals surface area contributed by atoms with E-state index in [1.807, 2.05) is 55.3 Å². The normalized spacial score (nSPS) is 19.6. The van der Waals surface area contributed by atoms with Crippen LogP contribution < -0.4 is 5.56 Å². The number of aryl methyl sites for hydroxylation is 2. The van der Waals surface area contributed by atoms with Crippen LogP contribution in [0.2, 0.25) is 0 Å². The quantitative estimate of drug-likeness (QED) is 0.660. The molecule has 152 valence electrons. The smallest absolute Gasteiger partial charge is 0.262 e. The molecule has 1 aliphatic rings. The van der Waals surface area contributed by atoms with Crippen LogP contribution in [0.1, 0.15) is 25.8 Å². The van der Waals surface area contributed by atoms with Crippen LogP contribution in [0.3, 0.4) is 0 Å². The molecule has 0 spiro atoms. The average Bonchev–Trinajstić information content (AvgIpc) is 3.12. The van der Waals surface area contributed by atoms with Gasteiger partial charge in [-0.05, 0) is 26.3 Å². The number of hydrogen-bond acceptors (Lipinski definition) is 5. The van der Waals surface area contributed by atoms with E-state index < -0.39 is 0 Å². The molecule has 4 rings (SSSR count). The molecule has 6 nitrogen and oxygen atoms in total. The van der Waals surface area contributed by atoms with E-state index >= 15 is 0 Å². The second kappa shape index (κ2) is 8.08. The zero-order valence-electron chi connectivity index (χ0n) is 16.9. The summed E-state index contributed by atoms with van der Waals surface area (Å²) in [6, 6.07) is 8.13. The van der Waals surface area contributed by atoms with E-state index in [1.54, 1.807) is 10.9 Å². The van der Waals surface area contributed by atoms with Crippen LogP contribution >= 0.6 is 11.3 Å². The fraction of sp³-hybridized carbons (Fsp3) is 0.409. The molecule has 0 radical (unpaired) electrons. The fourth-order valence-corrected chi connectivity index (χ4v) is 4.73. The Morgan fingerprint density at radius 1 is 1.21 bits per heavy atom. The Hall–Kier alpha value is -2.51. The number of fused-ring (bicyclic) bond motifs is 1. The van der Waals surface area contributed by atoms with Crippen molar-refractivity contribution in [2.45, 2.75) is 45.9 Å². The van der Waals surface area contributed by atoms with Crippen molar-refractivity contribution in [2.24, 2.45) is 0 Å². The molecular weight excluding hydrogens is 386 g/mol. The van der Waals surface area contributed by atoms with Crippen molar-refractivity contribution in [1.82, 2.24) is 14.5 Å². The number of ether oxygens (including phenoxy) is 1. The standard InChI is InChI=1S/C22H25N3O3S/c1-14-4-6-17(7-5-14)18-12-29-21-20(18)22(27)24(13-23-21)9-8-19(26)25-10-15(2)28-16(3)11-25/h4-7,12-13,15-16H,8-11H2,1-3H3. The number of aromatic nitrogens is 2. The van der Waals surface area contributed by atoms with Crippen LogP contribution in [-0.4, -0.2) is 45.7 Å². The Morgan fingerprint density at radius 2 is 1.90 bits per heavy atom. The Kier molecular flexibility index (Phi) is 5.52. The van der Waals surface area contributed by atoms with E-state index in [2.05, 4.69) is 4.98 Å². The van der Waals surface area contributed by atoms with Crippen molar-refractivity contribution in [3.05, 3.63) is 51.9 Å². The molecule has 0 aliphatic carbocycles. The zero-order chi connectivity index (χ0) is 20.5. The van der Waals surface area contributed by atoms with Gasteiger partial charge in [0.25, 0.3) is 5.56 Å². The first-order chi connectivity index (χ1) is 13.9. The molecule has 2 unspecified atom stereocenters. The number of amides is 1. The molecule has 1 amide bonds. The van der Waals surface area contributed by atoms with Gasteiger partial charge < -0.3 is 9.64 Å². The summed E-state index contributed by atoms with van der Waals surface area (Å²) in [4.78, 5) is 32.8. The third kappa shape index (κ3) is 4.11. The lowest BCUT2D eigenvalue weighted by atomic mass is 10.1. The number of nitrogens with zero attached hydrogens (tertiary/aromatic N) is 3. The van der Waals surface area contributed by atoms with Gasteiger partial charge in [0.1, 0.15) is 4.83 Å². The van der Waals surface area contributed by atoms with Crippen LogP contribution in [0, 0.1) is 6.92 Å². The number of carbonyl (C=O) groups is 1. The third-order valence-electron chi connectivity index (χ3n) is 5.26. The Bertz CT molecular complexity index is 1080. The number of thiophene rings is 1. The highest BCUT2D eigenvalue weighted by atomic mass is 32.1. The molecule has 0 N–H and O–H groups in total. The molecular formula is C22H25N3O3S. The number of rotatable bonds is 4. The summed E-state index contributed by atoms with van der Waals surface area (Å²) in [7, 11) is 0. The molecule has 1 aromatic carbocycles. The molecule has 29 heavy (non-hydrogen) atoms. The van der Waals surface area contributed by atoms with Gasteiger partial charge in [-0.2, -0.15) is 0 Å². The number of carbonyl (C=O) groups excluding carboxylic acids is 1. The summed E-state index contributed by atoms with van der Waals surface area (Å²) in [6.45, 7) is 7.50. The molecule has 2 atom stereocenters. The van der Waals surface area contributed by atoms with Gasteiger partial charge in [-0.3, -0.25) is 14.2 Å². The van der Waals surface area contributed by atoms with Crippen LogP contribution in [0.4, 0.5) is 0 Å². The van der Waals surface area contributed by atoms with Gasteiger partial charge in [0, 0.05) is 37.0 Å².